The van der Waals surface area contributed by atoms with Gasteiger partial charge in [0, 0.05) is 17.5 Å². The molecular formula is C17H20ClN3O5. The van der Waals surface area contributed by atoms with Gasteiger partial charge in [-0.3, -0.25) is 20.4 Å². The Balaban J connectivity index is 1.88. The summed E-state index contributed by atoms with van der Waals surface area (Å²) in [6.07, 6.45) is 0.474. The van der Waals surface area contributed by atoms with E-state index in [1.165, 1.54) is 13.2 Å². The van der Waals surface area contributed by atoms with E-state index >= 15 is 0 Å². The highest BCUT2D eigenvalue weighted by atomic mass is 35.5. The Morgan fingerprint density at radius 3 is 2.65 bits per heavy atom. The van der Waals surface area contributed by atoms with Gasteiger partial charge in [-0.15, -0.1) is 0 Å². The number of benzene rings is 1. The predicted molar refractivity (Wildman–Crippen MR) is 94.3 cm³/mol. The van der Waals surface area contributed by atoms with E-state index in [4.69, 9.17) is 25.6 Å². The van der Waals surface area contributed by atoms with Crippen LogP contribution in [0.15, 0.2) is 22.7 Å². The molecule has 0 fully saturated rings. The van der Waals surface area contributed by atoms with Crippen LogP contribution in [0.5, 0.6) is 11.5 Å². The van der Waals surface area contributed by atoms with Crippen LogP contribution >= 0.6 is 11.6 Å². The van der Waals surface area contributed by atoms with Crippen LogP contribution in [0.3, 0.4) is 0 Å². The monoisotopic (exact) mass is 381 g/mol. The normalized spacial score (nSPS) is 10.3. The Morgan fingerprint density at radius 1 is 1.27 bits per heavy atom. The molecule has 0 atom stereocenters. The van der Waals surface area contributed by atoms with E-state index in [-0.39, 0.29) is 17.5 Å². The van der Waals surface area contributed by atoms with Crippen molar-refractivity contribution in [3.63, 3.8) is 0 Å². The van der Waals surface area contributed by atoms with Crippen LogP contribution in [0.25, 0.3) is 0 Å². The van der Waals surface area contributed by atoms with E-state index in [1.807, 2.05) is 6.92 Å². The Bertz CT molecular complexity index is 771. The molecule has 9 heteroatoms. The molecule has 2 N–H and O–H groups in total. The molecule has 140 valence electrons. The highest BCUT2D eigenvalue weighted by molar-refractivity contribution is 6.29. The van der Waals surface area contributed by atoms with Crippen molar-refractivity contribution in [2.75, 3.05) is 13.7 Å². The molecule has 8 nitrogen and oxygen atoms in total. The molecule has 2 aromatic rings. The zero-order chi connectivity index (χ0) is 19.1. The van der Waals surface area contributed by atoms with Crippen LogP contribution in [0.2, 0.25) is 5.22 Å². The molecular weight excluding hydrogens is 362 g/mol. The molecule has 0 bridgehead atoms. The second kappa shape index (κ2) is 9.10. The lowest BCUT2D eigenvalue weighted by Gasteiger charge is -2.11. The number of amides is 2. The van der Waals surface area contributed by atoms with E-state index in [9.17, 15) is 9.59 Å². The van der Waals surface area contributed by atoms with Crippen LogP contribution in [0.4, 0.5) is 0 Å². The molecule has 0 aliphatic rings. The van der Waals surface area contributed by atoms with Crippen molar-refractivity contribution in [3.8, 4) is 11.5 Å². The number of hydrogen-bond donors (Lipinski definition) is 2. The van der Waals surface area contributed by atoms with Crippen molar-refractivity contribution in [2.24, 2.45) is 0 Å². The summed E-state index contributed by atoms with van der Waals surface area (Å²) in [6, 6.07) is 4.75. The standard InChI is InChI=1S/C17H20ClN3O5/c1-4-25-13-7-5-11(9-14(13)24-3)17(23)20-19-15(22)8-6-12-10(2)21-26-16(12)18/h5,7,9H,4,6,8H2,1-3H3,(H,19,22)(H,20,23). The van der Waals surface area contributed by atoms with Crippen LogP contribution in [0.1, 0.15) is 35.0 Å². The summed E-state index contributed by atoms with van der Waals surface area (Å²) in [4.78, 5) is 24.1. The third-order valence-electron chi connectivity index (χ3n) is 3.58. The second-order valence-corrected chi connectivity index (χ2v) is 5.66. The van der Waals surface area contributed by atoms with Gasteiger partial charge in [0.15, 0.2) is 11.5 Å². The van der Waals surface area contributed by atoms with Crippen LogP contribution < -0.4 is 20.3 Å². The first kappa shape index (κ1) is 19.6. The number of nitrogens with zero attached hydrogens (tertiary/aromatic N) is 1. The van der Waals surface area contributed by atoms with E-state index in [0.717, 1.165) is 0 Å². The number of nitrogens with one attached hydrogen (secondary N) is 2. The largest absolute Gasteiger partial charge is 0.493 e. The van der Waals surface area contributed by atoms with Gasteiger partial charge in [0.1, 0.15) is 0 Å². The fourth-order valence-corrected chi connectivity index (χ4v) is 2.49. The molecule has 1 aromatic carbocycles. The number of rotatable bonds is 7. The summed E-state index contributed by atoms with van der Waals surface area (Å²) >= 11 is 5.85. The zero-order valence-corrected chi connectivity index (χ0v) is 15.5. The van der Waals surface area contributed by atoms with Gasteiger partial charge in [-0.25, -0.2) is 0 Å². The van der Waals surface area contributed by atoms with Gasteiger partial charge in [0.05, 0.1) is 19.4 Å². The van der Waals surface area contributed by atoms with Crippen molar-refractivity contribution in [1.29, 1.82) is 0 Å². The molecule has 0 unspecified atom stereocenters. The maximum absolute atomic E-state index is 12.2. The number of hydrazine groups is 1. The maximum atomic E-state index is 12.2. The summed E-state index contributed by atoms with van der Waals surface area (Å²) in [5, 5.41) is 3.88. The SMILES string of the molecule is CCOc1ccc(C(=O)NNC(=O)CCc2c(C)noc2Cl)cc1OC. The molecule has 2 rings (SSSR count). The predicted octanol–water partition coefficient (Wildman–Crippen LogP) is 2.44. The minimum atomic E-state index is -0.473. The lowest BCUT2D eigenvalue weighted by molar-refractivity contribution is -0.121. The highest BCUT2D eigenvalue weighted by Gasteiger charge is 2.14. The maximum Gasteiger partial charge on any atom is 0.269 e. The first-order valence-corrected chi connectivity index (χ1v) is 8.34. The van der Waals surface area contributed by atoms with E-state index in [0.29, 0.717) is 41.3 Å². The minimum absolute atomic E-state index is 0.120. The number of aryl methyl sites for hydroxylation is 1. The topological polar surface area (TPSA) is 103 Å². The molecule has 0 saturated heterocycles. The van der Waals surface area contributed by atoms with Crippen molar-refractivity contribution in [1.82, 2.24) is 16.0 Å². The number of methoxy groups -OCH3 is 1. The molecule has 2 amide bonds. The first-order chi connectivity index (χ1) is 12.5. The molecule has 1 heterocycles. The van der Waals surface area contributed by atoms with Crippen LogP contribution in [-0.2, 0) is 11.2 Å². The lowest BCUT2D eigenvalue weighted by Crippen LogP contribution is -2.41. The smallest absolute Gasteiger partial charge is 0.269 e. The Kier molecular flexibility index (Phi) is 6.85. The fraction of sp³-hybridized carbons (Fsp3) is 0.353. The molecule has 0 saturated carbocycles. The van der Waals surface area contributed by atoms with E-state index in [1.54, 1.807) is 19.1 Å². The minimum Gasteiger partial charge on any atom is -0.493 e. The molecule has 26 heavy (non-hydrogen) atoms. The Morgan fingerprint density at radius 2 is 2.04 bits per heavy atom. The fourth-order valence-electron chi connectivity index (χ4n) is 2.22. The van der Waals surface area contributed by atoms with Crippen molar-refractivity contribution in [2.45, 2.75) is 26.7 Å². The summed E-state index contributed by atoms with van der Waals surface area (Å²) < 4.78 is 15.4. The number of ether oxygens (including phenoxy) is 2. The van der Waals surface area contributed by atoms with Crippen molar-refractivity contribution >= 4 is 23.4 Å². The third kappa shape index (κ3) is 4.89. The van der Waals surface area contributed by atoms with Crippen LogP contribution in [-0.4, -0.2) is 30.7 Å². The summed E-state index contributed by atoms with van der Waals surface area (Å²) in [7, 11) is 1.49. The molecule has 0 aliphatic heterocycles. The number of hydrogen-bond acceptors (Lipinski definition) is 6. The average molecular weight is 382 g/mol. The Hall–Kier alpha value is -2.74. The first-order valence-electron chi connectivity index (χ1n) is 7.96. The van der Waals surface area contributed by atoms with E-state index in [2.05, 4.69) is 16.0 Å². The number of aromatic nitrogens is 1. The van der Waals surface area contributed by atoms with Gasteiger partial charge in [-0.2, -0.15) is 0 Å². The Labute approximate surface area is 155 Å². The lowest BCUT2D eigenvalue weighted by atomic mass is 10.1. The molecule has 0 spiro atoms. The van der Waals surface area contributed by atoms with Crippen LogP contribution in [0, 0.1) is 6.92 Å². The van der Waals surface area contributed by atoms with Gasteiger partial charge < -0.3 is 14.0 Å². The van der Waals surface area contributed by atoms with Gasteiger partial charge in [0.25, 0.3) is 5.91 Å². The zero-order valence-electron chi connectivity index (χ0n) is 14.7. The number of carbonyl (C=O) groups excluding carboxylic acids is 2. The average Bonchev–Trinajstić information content (AvgIpc) is 2.96. The van der Waals surface area contributed by atoms with E-state index < -0.39 is 5.91 Å². The molecule has 0 aliphatic carbocycles. The van der Waals surface area contributed by atoms with Gasteiger partial charge in [0.2, 0.25) is 11.1 Å². The summed E-state index contributed by atoms with van der Waals surface area (Å²) in [5.74, 6) is 0.131. The van der Waals surface area contributed by atoms with Gasteiger partial charge >= 0.3 is 0 Å². The van der Waals surface area contributed by atoms with Gasteiger partial charge in [-0.05, 0) is 50.1 Å². The van der Waals surface area contributed by atoms with Crippen molar-refractivity contribution < 1.29 is 23.6 Å². The number of carbonyl (C=O) groups is 2. The number of halogens is 1. The molecule has 1 aromatic heterocycles. The van der Waals surface area contributed by atoms with Gasteiger partial charge in [-0.1, -0.05) is 5.16 Å². The summed E-state index contributed by atoms with van der Waals surface area (Å²) in [5.41, 5.74) is 6.33. The summed E-state index contributed by atoms with van der Waals surface area (Å²) in [6.45, 7) is 4.07. The van der Waals surface area contributed by atoms with Crippen molar-refractivity contribution in [3.05, 3.63) is 40.2 Å². The molecule has 0 radical (unpaired) electrons. The highest BCUT2D eigenvalue weighted by Crippen LogP contribution is 2.28. The quantitative estimate of drug-likeness (QED) is 0.714. The second-order valence-electron chi connectivity index (χ2n) is 5.32. The third-order valence-corrected chi connectivity index (χ3v) is 3.88.